The molecule has 0 spiro atoms. The van der Waals surface area contributed by atoms with Crippen LogP contribution in [0, 0.1) is 6.92 Å². The van der Waals surface area contributed by atoms with Gasteiger partial charge in [-0.05, 0) is 43.4 Å². The lowest BCUT2D eigenvalue weighted by atomic mass is 9.95. The van der Waals surface area contributed by atoms with Gasteiger partial charge in [-0.15, -0.1) is 5.10 Å². The normalized spacial score (nSPS) is 15.1. The minimum Gasteiger partial charge on any atom is -0.351 e. The molecule has 1 aliphatic heterocycles. The van der Waals surface area contributed by atoms with Crippen LogP contribution in [0.3, 0.4) is 0 Å². The van der Waals surface area contributed by atoms with Gasteiger partial charge in [0, 0.05) is 32.1 Å². The predicted molar refractivity (Wildman–Crippen MR) is 105 cm³/mol. The average Bonchev–Trinajstić information content (AvgIpc) is 3.30. The summed E-state index contributed by atoms with van der Waals surface area (Å²) in [7, 11) is 0. The van der Waals surface area contributed by atoms with Crippen LogP contribution < -0.4 is 5.32 Å². The summed E-state index contributed by atoms with van der Waals surface area (Å²) in [6, 6.07) is 5.98. The highest BCUT2D eigenvalue weighted by Crippen LogP contribution is 2.30. The number of amides is 2. The molecule has 3 aromatic rings. The largest absolute Gasteiger partial charge is 0.351 e. The molecule has 28 heavy (non-hydrogen) atoms. The Morgan fingerprint density at radius 2 is 2.07 bits per heavy atom. The second-order valence-corrected chi connectivity index (χ2v) is 7.98. The van der Waals surface area contributed by atoms with E-state index in [1.54, 1.807) is 0 Å². The quantitative estimate of drug-likeness (QED) is 0.727. The number of fused-ring (bicyclic) bond motifs is 1. The van der Waals surface area contributed by atoms with Crippen molar-refractivity contribution < 1.29 is 9.59 Å². The Morgan fingerprint density at radius 3 is 2.75 bits per heavy atom. The third-order valence-electron chi connectivity index (χ3n) is 5.16. The molecule has 1 aliphatic rings. The van der Waals surface area contributed by atoms with Gasteiger partial charge in [-0.3, -0.25) is 9.59 Å². The number of rotatable bonds is 4. The van der Waals surface area contributed by atoms with E-state index in [9.17, 15) is 9.59 Å². The number of hydrogen-bond acceptors (Lipinski definition) is 6. The third kappa shape index (κ3) is 3.49. The van der Waals surface area contributed by atoms with Crippen LogP contribution in [0.15, 0.2) is 24.4 Å². The molecule has 0 atom stereocenters. The molecule has 146 valence electrons. The van der Waals surface area contributed by atoms with E-state index >= 15 is 0 Å². The van der Waals surface area contributed by atoms with E-state index in [0.717, 1.165) is 34.8 Å². The monoisotopic (exact) mass is 398 g/mol. The van der Waals surface area contributed by atoms with Gasteiger partial charge in [0.05, 0.1) is 22.6 Å². The van der Waals surface area contributed by atoms with E-state index in [-0.39, 0.29) is 17.7 Å². The van der Waals surface area contributed by atoms with Crippen LogP contribution in [0.2, 0.25) is 0 Å². The first-order valence-corrected chi connectivity index (χ1v) is 10.1. The topological polar surface area (TPSA) is 92.5 Å². The molecule has 0 saturated carbocycles. The lowest BCUT2D eigenvalue weighted by Crippen LogP contribution is -2.38. The fourth-order valence-corrected chi connectivity index (χ4v) is 4.13. The highest BCUT2D eigenvalue weighted by molar-refractivity contribution is 7.05. The smallest absolute Gasteiger partial charge is 0.275 e. The van der Waals surface area contributed by atoms with Crippen molar-refractivity contribution in [1.29, 1.82) is 0 Å². The summed E-state index contributed by atoms with van der Waals surface area (Å²) in [5.41, 5.74) is 2.34. The van der Waals surface area contributed by atoms with Crippen molar-refractivity contribution in [3.05, 3.63) is 46.5 Å². The van der Waals surface area contributed by atoms with Gasteiger partial charge in [0.25, 0.3) is 5.91 Å². The van der Waals surface area contributed by atoms with Crippen LogP contribution in [-0.2, 0) is 11.3 Å². The number of hydrogen-bond donors (Lipinski definition) is 1. The van der Waals surface area contributed by atoms with Crippen molar-refractivity contribution >= 4 is 28.9 Å². The molecular formula is C19H22N6O2S. The Morgan fingerprint density at radius 1 is 1.29 bits per heavy atom. The summed E-state index contributed by atoms with van der Waals surface area (Å²) in [5, 5.41) is 6.81. The predicted octanol–water partition coefficient (Wildman–Crippen LogP) is 2.15. The number of aryl methyl sites for hydroxylation is 1. The van der Waals surface area contributed by atoms with Gasteiger partial charge in [0.15, 0.2) is 5.69 Å². The summed E-state index contributed by atoms with van der Waals surface area (Å²) in [6.07, 6.45) is 3.70. The van der Waals surface area contributed by atoms with Gasteiger partial charge in [0.1, 0.15) is 5.82 Å². The summed E-state index contributed by atoms with van der Waals surface area (Å²) < 4.78 is 5.97. The third-order valence-corrected chi connectivity index (χ3v) is 5.79. The lowest BCUT2D eigenvalue weighted by Gasteiger charge is -2.31. The minimum absolute atomic E-state index is 0.0379. The maximum absolute atomic E-state index is 12.7. The zero-order valence-electron chi connectivity index (χ0n) is 15.9. The Labute approximate surface area is 166 Å². The van der Waals surface area contributed by atoms with Crippen molar-refractivity contribution in [2.75, 3.05) is 13.1 Å². The zero-order valence-corrected chi connectivity index (χ0v) is 16.7. The SMILES string of the molecule is CC(=O)NCc1nc(C2CCN(C(=O)c3nnsc3C)CC2)n2ccccc12. The molecule has 0 radical (unpaired) electrons. The van der Waals surface area contributed by atoms with Gasteiger partial charge < -0.3 is 14.6 Å². The van der Waals surface area contributed by atoms with Crippen LogP contribution in [0.1, 0.15) is 52.6 Å². The van der Waals surface area contributed by atoms with Gasteiger partial charge >= 0.3 is 0 Å². The number of nitrogens with one attached hydrogen (secondary N) is 1. The van der Waals surface area contributed by atoms with Gasteiger partial charge in [-0.1, -0.05) is 10.6 Å². The number of aromatic nitrogens is 4. The van der Waals surface area contributed by atoms with Crippen molar-refractivity contribution in [2.45, 2.75) is 39.2 Å². The Hall–Kier alpha value is -2.81. The Bertz CT molecular complexity index is 1020. The summed E-state index contributed by atoms with van der Waals surface area (Å²) >= 11 is 1.25. The first kappa shape index (κ1) is 18.5. The van der Waals surface area contributed by atoms with Crippen molar-refractivity contribution in [2.24, 2.45) is 0 Å². The molecule has 9 heteroatoms. The molecule has 8 nitrogen and oxygen atoms in total. The molecular weight excluding hydrogens is 376 g/mol. The van der Waals surface area contributed by atoms with Crippen molar-refractivity contribution in [3.63, 3.8) is 0 Å². The number of carbonyl (C=O) groups is 2. The maximum atomic E-state index is 12.7. The molecule has 4 heterocycles. The van der Waals surface area contributed by atoms with Crippen LogP contribution in [0.5, 0.6) is 0 Å². The Balaban J connectivity index is 1.51. The van der Waals surface area contributed by atoms with Gasteiger partial charge in [-0.2, -0.15) is 0 Å². The molecule has 0 bridgehead atoms. The van der Waals surface area contributed by atoms with E-state index in [1.807, 2.05) is 36.2 Å². The fraction of sp³-hybridized carbons (Fsp3) is 0.421. The minimum atomic E-state index is -0.0720. The van der Waals surface area contributed by atoms with E-state index in [1.165, 1.54) is 18.5 Å². The lowest BCUT2D eigenvalue weighted by molar-refractivity contribution is -0.119. The second-order valence-electron chi connectivity index (χ2n) is 7.03. The average molecular weight is 398 g/mol. The van der Waals surface area contributed by atoms with Crippen LogP contribution >= 0.6 is 11.5 Å². The Kier molecular flexibility index (Phi) is 5.08. The molecule has 0 aromatic carbocycles. The standard InChI is InChI=1S/C19H22N6O2S/c1-12-17(22-23-28-12)19(27)24-9-6-14(7-10-24)18-21-15(11-20-13(2)26)16-5-3-4-8-25(16)18/h3-5,8,14H,6-7,9-11H2,1-2H3,(H,20,26). The highest BCUT2D eigenvalue weighted by atomic mass is 32.1. The number of likely N-dealkylation sites (tertiary alicyclic amines) is 1. The molecule has 1 N–H and O–H groups in total. The van der Waals surface area contributed by atoms with Crippen LogP contribution in [0.4, 0.5) is 0 Å². The van der Waals surface area contributed by atoms with Crippen LogP contribution in [-0.4, -0.2) is 48.8 Å². The maximum Gasteiger partial charge on any atom is 0.275 e. The summed E-state index contributed by atoms with van der Waals surface area (Å²) in [4.78, 5) is 31.5. The first-order chi connectivity index (χ1) is 13.5. The van der Waals surface area contributed by atoms with E-state index in [2.05, 4.69) is 19.3 Å². The molecule has 0 unspecified atom stereocenters. The molecule has 1 saturated heterocycles. The van der Waals surface area contributed by atoms with Gasteiger partial charge in [0.2, 0.25) is 5.91 Å². The highest BCUT2D eigenvalue weighted by Gasteiger charge is 2.29. The van der Waals surface area contributed by atoms with E-state index < -0.39 is 0 Å². The first-order valence-electron chi connectivity index (χ1n) is 9.33. The zero-order chi connectivity index (χ0) is 19.7. The molecule has 4 rings (SSSR count). The number of piperidine rings is 1. The van der Waals surface area contributed by atoms with E-state index in [4.69, 9.17) is 4.98 Å². The molecule has 2 amide bonds. The molecule has 1 fully saturated rings. The number of pyridine rings is 1. The summed E-state index contributed by atoms with van der Waals surface area (Å²) in [6.45, 7) is 5.13. The van der Waals surface area contributed by atoms with Crippen LogP contribution in [0.25, 0.3) is 5.52 Å². The fourth-order valence-electron chi connectivity index (χ4n) is 3.67. The number of nitrogens with zero attached hydrogens (tertiary/aromatic N) is 5. The van der Waals surface area contributed by atoms with Crippen molar-refractivity contribution in [3.8, 4) is 0 Å². The van der Waals surface area contributed by atoms with E-state index in [0.29, 0.717) is 25.3 Å². The summed E-state index contributed by atoms with van der Waals surface area (Å²) in [5.74, 6) is 1.15. The van der Waals surface area contributed by atoms with Crippen molar-refractivity contribution in [1.82, 2.24) is 29.2 Å². The number of carbonyl (C=O) groups excluding carboxylic acids is 2. The number of imidazole rings is 1. The molecule has 0 aliphatic carbocycles. The molecule has 3 aromatic heterocycles. The second kappa shape index (κ2) is 7.67. The van der Waals surface area contributed by atoms with Gasteiger partial charge in [-0.25, -0.2) is 4.98 Å².